The topological polar surface area (TPSA) is 99.9 Å². The highest BCUT2D eigenvalue weighted by Crippen LogP contribution is 2.31. The highest BCUT2D eigenvalue weighted by Gasteiger charge is 2.27. The van der Waals surface area contributed by atoms with Gasteiger partial charge in [-0.1, -0.05) is 59.6 Å². The van der Waals surface area contributed by atoms with E-state index < -0.39 is 17.2 Å². The van der Waals surface area contributed by atoms with Crippen molar-refractivity contribution in [2.24, 2.45) is 0 Å². The minimum Gasteiger partial charge on any atom is -0.448 e. The quantitative estimate of drug-likeness (QED) is 0.288. The number of hydrogen-bond donors (Lipinski definition) is 1. The van der Waals surface area contributed by atoms with Gasteiger partial charge in [0.2, 0.25) is 11.8 Å². The molecule has 0 saturated carbocycles. The fourth-order valence-corrected chi connectivity index (χ4v) is 5.86. The third kappa shape index (κ3) is 7.97. The van der Waals surface area contributed by atoms with Gasteiger partial charge in [-0.05, 0) is 67.5 Å². The molecule has 0 atom stereocenters. The second-order valence-electron chi connectivity index (χ2n) is 11.3. The Balaban J connectivity index is 0.000000436. The molecule has 0 radical (unpaired) electrons. The Kier molecular flexibility index (Phi) is 10.3. The van der Waals surface area contributed by atoms with Crippen LogP contribution in [0, 0.1) is 12.7 Å². The maximum absolute atomic E-state index is 14.0. The van der Waals surface area contributed by atoms with Crippen molar-refractivity contribution < 1.29 is 23.2 Å². The average molecular weight is 632 g/mol. The Bertz CT molecular complexity index is 1730. The van der Waals surface area contributed by atoms with Gasteiger partial charge in [-0.2, -0.15) is 0 Å². The minimum absolute atomic E-state index is 0.0455. The molecule has 2 saturated heterocycles. The van der Waals surface area contributed by atoms with Crippen LogP contribution in [0.5, 0.6) is 0 Å². The molecule has 0 bridgehead atoms. The first-order valence-corrected chi connectivity index (χ1v) is 15.4. The van der Waals surface area contributed by atoms with E-state index in [2.05, 4.69) is 17.4 Å². The zero-order valence-electron chi connectivity index (χ0n) is 25.1. The molecule has 10 heteroatoms. The number of piperidine rings is 1. The molecule has 1 aromatic heterocycles. The largest absolute Gasteiger partial charge is 0.448 e. The number of carbonyl (C=O) groups is 3. The number of benzene rings is 3. The van der Waals surface area contributed by atoms with E-state index in [4.69, 9.17) is 16.0 Å². The highest BCUT2D eigenvalue weighted by molar-refractivity contribution is 6.30. The summed E-state index contributed by atoms with van der Waals surface area (Å²) in [7, 11) is 0. The van der Waals surface area contributed by atoms with Gasteiger partial charge in [-0.15, -0.1) is 0 Å². The van der Waals surface area contributed by atoms with Crippen LogP contribution in [0.15, 0.2) is 82.0 Å². The van der Waals surface area contributed by atoms with E-state index in [1.54, 1.807) is 4.90 Å². The summed E-state index contributed by atoms with van der Waals surface area (Å²) in [5.74, 6) is -1.59. The molecule has 0 spiro atoms. The zero-order valence-corrected chi connectivity index (χ0v) is 25.8. The monoisotopic (exact) mass is 631 g/mol. The summed E-state index contributed by atoms with van der Waals surface area (Å²) in [6, 6.07) is 20.9. The second kappa shape index (κ2) is 14.5. The van der Waals surface area contributed by atoms with Gasteiger partial charge in [-0.3, -0.25) is 19.2 Å². The van der Waals surface area contributed by atoms with Crippen LogP contribution in [0.1, 0.15) is 58.8 Å². The number of hydrogen-bond acceptors (Lipinski definition) is 5. The van der Waals surface area contributed by atoms with Crippen LogP contribution < -0.4 is 10.7 Å². The SMILES string of the molecule is Cc1ccc(Cl)cc1.O=C(NCC(=O)N1CCC(c2ccccc2CN2CCCC2=O)CC1)c1cc(=O)c2cccc(F)c2o1. The van der Waals surface area contributed by atoms with Crippen LogP contribution in [0.3, 0.4) is 0 Å². The molecular weight excluding hydrogens is 597 g/mol. The van der Waals surface area contributed by atoms with Crippen LogP contribution >= 0.6 is 11.6 Å². The van der Waals surface area contributed by atoms with Crippen LogP contribution in [0.4, 0.5) is 4.39 Å². The molecule has 3 amide bonds. The van der Waals surface area contributed by atoms with E-state index in [-0.39, 0.29) is 41.0 Å². The first kappa shape index (κ1) is 31.9. The Labute approximate surface area is 265 Å². The van der Waals surface area contributed by atoms with Gasteiger partial charge in [0.1, 0.15) is 0 Å². The zero-order chi connectivity index (χ0) is 31.9. The molecule has 3 heterocycles. The Morgan fingerprint density at radius 3 is 2.40 bits per heavy atom. The lowest BCUT2D eigenvalue weighted by atomic mass is 9.86. The van der Waals surface area contributed by atoms with Crippen LogP contribution in [0.25, 0.3) is 11.0 Å². The standard InChI is InChI=1S/C28H28FN3O5.C7H7Cl/c29-22-8-3-7-21-23(33)15-24(37-27(21)22)28(36)30-16-26(35)31-13-10-18(11-14-31)20-6-2-1-5-19(20)17-32-12-4-9-25(32)34;1-6-2-4-7(8)5-3-6/h1-3,5-8,15,18H,4,9-14,16-17H2,(H,30,36);2-5H,1H3. The molecule has 3 aromatic carbocycles. The fourth-order valence-electron chi connectivity index (χ4n) is 5.74. The Morgan fingerprint density at radius 1 is 0.978 bits per heavy atom. The molecule has 234 valence electrons. The number of halogens is 2. The summed E-state index contributed by atoms with van der Waals surface area (Å²) >= 11 is 5.61. The van der Waals surface area contributed by atoms with Gasteiger partial charge >= 0.3 is 0 Å². The molecule has 6 rings (SSSR count). The smallest absolute Gasteiger partial charge is 0.287 e. The van der Waals surface area contributed by atoms with E-state index >= 15 is 0 Å². The van der Waals surface area contributed by atoms with Crippen molar-refractivity contribution in [2.45, 2.75) is 45.1 Å². The van der Waals surface area contributed by atoms with Crippen LogP contribution in [-0.4, -0.2) is 53.7 Å². The van der Waals surface area contributed by atoms with E-state index in [9.17, 15) is 23.6 Å². The normalized spacial score (nSPS) is 15.1. The maximum atomic E-state index is 14.0. The molecule has 0 unspecified atom stereocenters. The lowest BCUT2D eigenvalue weighted by Crippen LogP contribution is -2.44. The average Bonchev–Trinajstić information content (AvgIpc) is 3.46. The van der Waals surface area contributed by atoms with Crippen molar-refractivity contribution in [3.8, 4) is 0 Å². The lowest BCUT2D eigenvalue weighted by molar-refractivity contribution is -0.131. The molecule has 4 aromatic rings. The van der Waals surface area contributed by atoms with Gasteiger partial charge in [-0.25, -0.2) is 4.39 Å². The molecule has 8 nitrogen and oxygen atoms in total. The van der Waals surface area contributed by atoms with Gasteiger partial charge in [0, 0.05) is 43.7 Å². The summed E-state index contributed by atoms with van der Waals surface area (Å²) in [4.78, 5) is 53.2. The number of para-hydroxylation sites is 1. The maximum Gasteiger partial charge on any atom is 0.287 e. The third-order valence-electron chi connectivity index (χ3n) is 8.22. The van der Waals surface area contributed by atoms with Crippen molar-refractivity contribution in [2.75, 3.05) is 26.2 Å². The number of carbonyl (C=O) groups excluding carboxylic acids is 3. The van der Waals surface area contributed by atoms with Crippen molar-refractivity contribution in [1.29, 1.82) is 0 Å². The van der Waals surface area contributed by atoms with Crippen molar-refractivity contribution in [3.05, 3.63) is 116 Å². The van der Waals surface area contributed by atoms with Crippen LogP contribution in [0.2, 0.25) is 5.02 Å². The molecule has 45 heavy (non-hydrogen) atoms. The van der Waals surface area contributed by atoms with Gasteiger partial charge in [0.25, 0.3) is 5.91 Å². The van der Waals surface area contributed by atoms with E-state index in [0.29, 0.717) is 26.1 Å². The predicted octanol–water partition coefficient (Wildman–Crippen LogP) is 5.84. The highest BCUT2D eigenvalue weighted by atomic mass is 35.5. The van der Waals surface area contributed by atoms with Gasteiger partial charge in [0.15, 0.2) is 22.6 Å². The number of nitrogens with one attached hydrogen (secondary N) is 1. The molecule has 2 aliphatic heterocycles. The fraction of sp³-hybridized carbons (Fsp3) is 0.314. The first-order valence-electron chi connectivity index (χ1n) is 15.1. The minimum atomic E-state index is -0.754. The number of likely N-dealkylation sites (tertiary alicyclic amines) is 2. The first-order chi connectivity index (χ1) is 21.7. The molecule has 1 N–H and O–H groups in total. The number of amides is 3. The molecule has 2 aliphatic rings. The van der Waals surface area contributed by atoms with Crippen molar-refractivity contribution >= 4 is 40.3 Å². The number of aryl methyl sites for hydroxylation is 1. The van der Waals surface area contributed by atoms with E-state index in [1.807, 2.05) is 48.2 Å². The molecule has 2 fully saturated rings. The Hall–Kier alpha value is -4.50. The molecular formula is C35H35ClFN3O5. The number of fused-ring (bicyclic) bond motifs is 1. The van der Waals surface area contributed by atoms with Crippen molar-refractivity contribution in [1.82, 2.24) is 15.1 Å². The Morgan fingerprint density at radius 2 is 1.71 bits per heavy atom. The summed E-state index contributed by atoms with van der Waals surface area (Å²) in [6.07, 6.45) is 3.08. The van der Waals surface area contributed by atoms with E-state index in [1.165, 1.54) is 23.3 Å². The predicted molar refractivity (Wildman–Crippen MR) is 171 cm³/mol. The number of rotatable bonds is 6. The summed E-state index contributed by atoms with van der Waals surface area (Å²) < 4.78 is 19.3. The summed E-state index contributed by atoms with van der Waals surface area (Å²) in [5.41, 5.74) is 2.80. The lowest BCUT2D eigenvalue weighted by Gasteiger charge is -2.33. The third-order valence-corrected chi connectivity index (χ3v) is 8.47. The second-order valence-corrected chi connectivity index (χ2v) is 11.8. The summed E-state index contributed by atoms with van der Waals surface area (Å²) in [5, 5.41) is 3.33. The van der Waals surface area contributed by atoms with Gasteiger partial charge < -0.3 is 19.5 Å². The van der Waals surface area contributed by atoms with E-state index in [0.717, 1.165) is 48.5 Å². The van der Waals surface area contributed by atoms with Gasteiger partial charge in [0.05, 0.1) is 11.9 Å². The number of nitrogens with zero attached hydrogens (tertiary/aromatic N) is 2. The molecule has 0 aliphatic carbocycles. The van der Waals surface area contributed by atoms with Crippen LogP contribution in [-0.2, 0) is 16.1 Å². The van der Waals surface area contributed by atoms with Crippen molar-refractivity contribution in [3.63, 3.8) is 0 Å². The summed E-state index contributed by atoms with van der Waals surface area (Å²) in [6.45, 7) is 4.30.